The first-order valence-corrected chi connectivity index (χ1v) is 9.47. The van der Waals surface area contributed by atoms with Crippen LogP contribution in [0.2, 0.25) is 0 Å². The van der Waals surface area contributed by atoms with Gasteiger partial charge in [0.05, 0.1) is 25.6 Å². The van der Waals surface area contributed by atoms with Crippen molar-refractivity contribution in [3.63, 3.8) is 0 Å². The number of nitrogens with zero attached hydrogens (tertiary/aromatic N) is 1. The highest BCUT2D eigenvalue weighted by Crippen LogP contribution is 2.37. The highest BCUT2D eigenvalue weighted by Gasteiger charge is 2.46. The van der Waals surface area contributed by atoms with E-state index >= 15 is 0 Å². The summed E-state index contributed by atoms with van der Waals surface area (Å²) in [6.45, 7) is 4.12. The fraction of sp³-hybridized carbons (Fsp3) is 0.476. The first kappa shape index (κ1) is 18.1. The Kier molecular flexibility index (Phi) is 5.18. The van der Waals surface area contributed by atoms with Crippen LogP contribution in [0.4, 0.5) is 0 Å². The molecule has 0 unspecified atom stereocenters. The van der Waals surface area contributed by atoms with E-state index in [1.807, 2.05) is 18.2 Å². The predicted octanol–water partition coefficient (Wildman–Crippen LogP) is 2.70. The van der Waals surface area contributed by atoms with Crippen molar-refractivity contribution in [1.82, 2.24) is 10.2 Å². The lowest BCUT2D eigenvalue weighted by Crippen LogP contribution is -2.64. The van der Waals surface area contributed by atoms with E-state index in [0.717, 1.165) is 38.2 Å². The minimum Gasteiger partial charge on any atom is -0.496 e. The van der Waals surface area contributed by atoms with Crippen LogP contribution in [0.1, 0.15) is 29.0 Å². The largest absolute Gasteiger partial charge is 0.496 e. The molecule has 2 aromatic rings. The number of ether oxygens (including phenoxy) is 2. The standard InChI is InChI=1S/C21H26N2O4/c1-25-18-6-3-2-5-17(18)12-23-14-21(15-23)9-8-16(13-27-21)11-22-20(24)19-7-4-10-26-19/h2-7,10,16H,8-9,11-15H2,1H3,(H,22,24)/t16-/m1/s1. The Morgan fingerprint density at radius 1 is 1.30 bits per heavy atom. The van der Waals surface area contributed by atoms with E-state index in [1.54, 1.807) is 19.2 Å². The molecule has 3 heterocycles. The average Bonchev–Trinajstić information content (AvgIpc) is 3.21. The number of methoxy groups -OCH3 is 1. The van der Waals surface area contributed by atoms with Gasteiger partial charge in [-0.25, -0.2) is 0 Å². The molecule has 0 aliphatic carbocycles. The minimum atomic E-state index is -0.160. The quantitative estimate of drug-likeness (QED) is 0.847. The molecule has 2 fully saturated rings. The third-order valence-corrected chi connectivity index (χ3v) is 5.54. The first-order chi connectivity index (χ1) is 13.2. The molecule has 1 aromatic heterocycles. The highest BCUT2D eigenvalue weighted by atomic mass is 16.5. The number of para-hydroxylation sites is 1. The number of hydrogen-bond acceptors (Lipinski definition) is 5. The second-order valence-electron chi connectivity index (χ2n) is 7.54. The van der Waals surface area contributed by atoms with Gasteiger partial charge in [0.2, 0.25) is 0 Å². The number of carbonyl (C=O) groups is 1. The number of hydrogen-bond donors (Lipinski definition) is 1. The summed E-state index contributed by atoms with van der Waals surface area (Å²) < 4.78 is 16.8. The van der Waals surface area contributed by atoms with Crippen LogP contribution in [0.15, 0.2) is 47.1 Å². The third kappa shape index (κ3) is 4.01. The van der Waals surface area contributed by atoms with Crippen LogP contribution in [0.25, 0.3) is 0 Å². The van der Waals surface area contributed by atoms with Crippen LogP contribution in [0.5, 0.6) is 5.75 Å². The number of benzene rings is 1. The number of rotatable bonds is 6. The van der Waals surface area contributed by atoms with Crippen molar-refractivity contribution in [2.45, 2.75) is 25.0 Å². The van der Waals surface area contributed by atoms with E-state index in [2.05, 4.69) is 16.3 Å². The zero-order chi connectivity index (χ0) is 18.7. The molecule has 6 nitrogen and oxygen atoms in total. The fourth-order valence-corrected chi connectivity index (χ4v) is 4.01. The van der Waals surface area contributed by atoms with Crippen LogP contribution in [-0.4, -0.2) is 49.8 Å². The van der Waals surface area contributed by atoms with Crippen molar-refractivity contribution in [3.05, 3.63) is 54.0 Å². The van der Waals surface area contributed by atoms with Crippen molar-refractivity contribution in [3.8, 4) is 5.75 Å². The smallest absolute Gasteiger partial charge is 0.286 e. The van der Waals surface area contributed by atoms with Gasteiger partial charge in [-0.1, -0.05) is 18.2 Å². The van der Waals surface area contributed by atoms with Gasteiger partial charge in [-0.05, 0) is 37.0 Å². The summed E-state index contributed by atoms with van der Waals surface area (Å²) in [7, 11) is 1.71. The Morgan fingerprint density at radius 3 is 2.85 bits per heavy atom. The van der Waals surface area contributed by atoms with Crippen molar-refractivity contribution < 1.29 is 18.7 Å². The maximum absolute atomic E-state index is 11.9. The summed E-state index contributed by atoms with van der Waals surface area (Å²) in [6, 6.07) is 11.6. The molecule has 1 aromatic carbocycles. The fourth-order valence-electron chi connectivity index (χ4n) is 4.01. The van der Waals surface area contributed by atoms with Gasteiger partial charge in [-0.15, -0.1) is 0 Å². The molecule has 2 aliphatic rings. The molecule has 0 saturated carbocycles. The molecular formula is C21H26N2O4. The van der Waals surface area contributed by atoms with E-state index in [4.69, 9.17) is 13.9 Å². The minimum absolute atomic E-state index is 0.0104. The van der Waals surface area contributed by atoms with Gasteiger partial charge in [-0.3, -0.25) is 9.69 Å². The molecule has 1 spiro atoms. The average molecular weight is 370 g/mol. The van der Waals surface area contributed by atoms with E-state index in [0.29, 0.717) is 24.8 Å². The molecule has 27 heavy (non-hydrogen) atoms. The number of likely N-dealkylation sites (tertiary alicyclic amines) is 1. The Morgan fingerprint density at radius 2 is 2.15 bits per heavy atom. The summed E-state index contributed by atoms with van der Waals surface area (Å²) in [5, 5.41) is 2.94. The van der Waals surface area contributed by atoms with Gasteiger partial charge in [0.25, 0.3) is 5.91 Å². The third-order valence-electron chi connectivity index (χ3n) is 5.54. The van der Waals surface area contributed by atoms with E-state index < -0.39 is 0 Å². The van der Waals surface area contributed by atoms with Crippen LogP contribution >= 0.6 is 0 Å². The van der Waals surface area contributed by atoms with E-state index in [1.165, 1.54) is 11.8 Å². The summed E-state index contributed by atoms with van der Waals surface area (Å²) in [5.74, 6) is 1.49. The maximum Gasteiger partial charge on any atom is 0.286 e. The Hall–Kier alpha value is -2.31. The summed E-state index contributed by atoms with van der Waals surface area (Å²) >= 11 is 0. The summed E-state index contributed by atoms with van der Waals surface area (Å²) in [4.78, 5) is 14.3. The molecular weight excluding hydrogens is 344 g/mol. The molecule has 1 N–H and O–H groups in total. The van der Waals surface area contributed by atoms with E-state index in [9.17, 15) is 4.79 Å². The monoisotopic (exact) mass is 370 g/mol. The van der Waals surface area contributed by atoms with Gasteiger partial charge in [0.15, 0.2) is 5.76 Å². The molecule has 6 heteroatoms. The summed E-state index contributed by atoms with van der Waals surface area (Å²) in [5.41, 5.74) is 1.20. The second kappa shape index (κ2) is 7.74. The number of carbonyl (C=O) groups excluding carboxylic acids is 1. The number of furan rings is 1. The van der Waals surface area contributed by atoms with Gasteiger partial charge >= 0.3 is 0 Å². The molecule has 144 valence electrons. The lowest BCUT2D eigenvalue weighted by molar-refractivity contribution is -0.181. The number of nitrogens with one attached hydrogen (secondary N) is 1. The zero-order valence-electron chi connectivity index (χ0n) is 15.6. The maximum atomic E-state index is 11.9. The first-order valence-electron chi connectivity index (χ1n) is 9.47. The van der Waals surface area contributed by atoms with Crippen LogP contribution in [-0.2, 0) is 11.3 Å². The van der Waals surface area contributed by atoms with Gasteiger partial charge < -0.3 is 19.2 Å². The second-order valence-corrected chi connectivity index (χ2v) is 7.54. The highest BCUT2D eigenvalue weighted by molar-refractivity contribution is 5.91. The lowest BCUT2D eigenvalue weighted by Gasteiger charge is -2.53. The van der Waals surface area contributed by atoms with Crippen LogP contribution < -0.4 is 10.1 Å². The van der Waals surface area contributed by atoms with Gasteiger partial charge in [0, 0.05) is 31.7 Å². The lowest BCUT2D eigenvalue weighted by atomic mass is 9.82. The molecule has 4 rings (SSSR count). The molecule has 0 bridgehead atoms. The normalized spacial score (nSPS) is 21.6. The van der Waals surface area contributed by atoms with Crippen molar-refractivity contribution >= 4 is 5.91 Å². The Balaban J connectivity index is 1.21. The molecule has 2 aliphatic heterocycles. The molecule has 2 saturated heterocycles. The molecule has 1 amide bonds. The van der Waals surface area contributed by atoms with Crippen LogP contribution in [0, 0.1) is 5.92 Å². The predicted molar refractivity (Wildman–Crippen MR) is 101 cm³/mol. The van der Waals surface area contributed by atoms with Gasteiger partial charge in [0.1, 0.15) is 5.75 Å². The topological polar surface area (TPSA) is 63.9 Å². The van der Waals surface area contributed by atoms with Crippen LogP contribution in [0.3, 0.4) is 0 Å². The van der Waals surface area contributed by atoms with Crippen molar-refractivity contribution in [2.24, 2.45) is 5.92 Å². The Labute approximate surface area is 159 Å². The zero-order valence-corrected chi connectivity index (χ0v) is 15.6. The Bertz CT molecular complexity index is 758. The SMILES string of the molecule is COc1ccccc1CN1CC2(CC[C@H](CNC(=O)c3ccco3)CO2)C1. The number of amides is 1. The van der Waals surface area contributed by atoms with Crippen molar-refractivity contribution in [2.75, 3.05) is 33.4 Å². The summed E-state index contributed by atoms with van der Waals surface area (Å²) in [6.07, 6.45) is 3.62. The molecule has 1 atom stereocenters. The molecule has 0 radical (unpaired) electrons. The van der Waals surface area contributed by atoms with Gasteiger partial charge in [-0.2, -0.15) is 0 Å². The van der Waals surface area contributed by atoms with Crippen molar-refractivity contribution in [1.29, 1.82) is 0 Å². The van der Waals surface area contributed by atoms with E-state index in [-0.39, 0.29) is 11.5 Å².